The van der Waals surface area contributed by atoms with Gasteiger partial charge in [0, 0.05) is 32.6 Å². The molecule has 0 aliphatic carbocycles. The van der Waals surface area contributed by atoms with Crippen LogP contribution in [0.4, 0.5) is 0 Å². The van der Waals surface area contributed by atoms with Gasteiger partial charge in [0.25, 0.3) is 10.1 Å². The Morgan fingerprint density at radius 3 is 1.63 bits per heavy atom. The first-order valence-electron chi connectivity index (χ1n) is 11.1. The highest BCUT2D eigenvalue weighted by atomic mass is 32.2. The summed E-state index contributed by atoms with van der Waals surface area (Å²) in [5, 5.41) is 27.9. The molecule has 0 unspecified atom stereocenters. The first-order valence-corrected chi connectivity index (χ1v) is 12.7. The maximum atomic E-state index is 11.3. The molecule has 182 valence electrons. The molecule has 30 heavy (non-hydrogen) atoms. The lowest BCUT2D eigenvalue weighted by atomic mass is 10.1. The SMILES string of the molecule is CCCCCCCCCCCC(=O)NCCS(=O)(=O)O.OCCN(CCO)CCO. The van der Waals surface area contributed by atoms with Crippen molar-refractivity contribution in [1.82, 2.24) is 10.2 Å². The summed E-state index contributed by atoms with van der Waals surface area (Å²) >= 11 is 0. The largest absolute Gasteiger partial charge is 0.395 e. The monoisotopic (exact) mass is 456 g/mol. The van der Waals surface area contributed by atoms with E-state index in [0.29, 0.717) is 26.1 Å². The van der Waals surface area contributed by atoms with Crippen LogP contribution in [-0.4, -0.2) is 90.8 Å². The molecule has 0 spiro atoms. The van der Waals surface area contributed by atoms with Crippen LogP contribution in [0.5, 0.6) is 0 Å². The van der Waals surface area contributed by atoms with Crippen molar-refractivity contribution in [2.45, 2.75) is 71.1 Å². The maximum Gasteiger partial charge on any atom is 0.266 e. The summed E-state index contributed by atoms with van der Waals surface area (Å²) in [6, 6.07) is 0. The van der Waals surface area contributed by atoms with Gasteiger partial charge in [-0.1, -0.05) is 58.3 Å². The predicted octanol–water partition coefficient (Wildman–Crippen LogP) is 1.18. The van der Waals surface area contributed by atoms with Crippen molar-refractivity contribution in [3.8, 4) is 0 Å². The Hall–Kier alpha value is -0.780. The molecule has 0 saturated heterocycles. The molecule has 0 aromatic carbocycles. The van der Waals surface area contributed by atoms with E-state index in [9.17, 15) is 13.2 Å². The summed E-state index contributed by atoms with van der Waals surface area (Å²) in [5.41, 5.74) is 0. The summed E-state index contributed by atoms with van der Waals surface area (Å²) < 4.78 is 29.4. The van der Waals surface area contributed by atoms with Crippen LogP contribution in [0, 0.1) is 0 Å². The van der Waals surface area contributed by atoms with Gasteiger partial charge >= 0.3 is 0 Å². The predicted molar refractivity (Wildman–Crippen MR) is 119 cm³/mol. The quantitative estimate of drug-likeness (QED) is 0.144. The van der Waals surface area contributed by atoms with E-state index >= 15 is 0 Å². The molecule has 1 amide bonds. The Kier molecular flexibility index (Phi) is 24.0. The fourth-order valence-corrected chi connectivity index (χ4v) is 3.12. The molecule has 0 rings (SSSR count). The Morgan fingerprint density at radius 1 is 0.800 bits per heavy atom. The second kappa shape index (κ2) is 22.9. The molecule has 0 aromatic heterocycles. The number of carbonyl (C=O) groups is 1. The van der Waals surface area contributed by atoms with Gasteiger partial charge in [0.1, 0.15) is 0 Å². The third kappa shape index (κ3) is 27.2. The molecule has 9 nitrogen and oxygen atoms in total. The van der Waals surface area contributed by atoms with Crippen LogP contribution in [0.2, 0.25) is 0 Å². The molecule has 0 fully saturated rings. The highest BCUT2D eigenvalue weighted by Crippen LogP contribution is 2.10. The summed E-state index contributed by atoms with van der Waals surface area (Å²) in [4.78, 5) is 13.1. The van der Waals surface area contributed by atoms with Gasteiger partial charge in [0.15, 0.2) is 0 Å². The van der Waals surface area contributed by atoms with Crippen LogP contribution in [0.1, 0.15) is 71.1 Å². The molecular formula is C20H44N2O7S. The summed E-state index contributed by atoms with van der Waals surface area (Å²) in [5.74, 6) is -0.562. The van der Waals surface area contributed by atoms with Crippen LogP contribution in [0.15, 0.2) is 0 Å². The number of aliphatic hydroxyl groups excluding tert-OH is 3. The number of hydrogen-bond donors (Lipinski definition) is 5. The number of nitrogens with one attached hydrogen (secondary N) is 1. The minimum atomic E-state index is -3.98. The van der Waals surface area contributed by atoms with Crippen molar-refractivity contribution in [1.29, 1.82) is 0 Å². The molecule has 5 N–H and O–H groups in total. The van der Waals surface area contributed by atoms with E-state index in [0.717, 1.165) is 19.3 Å². The van der Waals surface area contributed by atoms with Gasteiger partial charge in [-0.2, -0.15) is 8.42 Å². The Morgan fingerprint density at radius 2 is 1.23 bits per heavy atom. The molecule has 0 aliphatic rings. The molecule has 0 bridgehead atoms. The zero-order valence-electron chi connectivity index (χ0n) is 18.6. The summed E-state index contributed by atoms with van der Waals surface area (Å²) in [6.07, 6.45) is 11.2. The van der Waals surface area contributed by atoms with Crippen molar-refractivity contribution in [3.05, 3.63) is 0 Å². The number of unbranched alkanes of at least 4 members (excludes halogenated alkanes) is 8. The zero-order valence-corrected chi connectivity index (χ0v) is 19.4. The molecule has 10 heteroatoms. The molecule has 0 aliphatic heterocycles. The summed E-state index contributed by atoms with van der Waals surface area (Å²) in [7, 11) is -3.98. The first kappa shape index (κ1) is 31.4. The lowest BCUT2D eigenvalue weighted by molar-refractivity contribution is -0.121. The average Bonchev–Trinajstić information content (AvgIpc) is 2.67. The van der Waals surface area contributed by atoms with Gasteiger partial charge in [0.05, 0.1) is 25.6 Å². The average molecular weight is 457 g/mol. The van der Waals surface area contributed by atoms with Crippen molar-refractivity contribution in [3.63, 3.8) is 0 Å². The van der Waals surface area contributed by atoms with E-state index in [1.54, 1.807) is 4.90 Å². The third-order valence-corrected chi connectivity index (χ3v) is 5.16. The van der Waals surface area contributed by atoms with E-state index < -0.39 is 15.9 Å². The van der Waals surface area contributed by atoms with Crippen molar-refractivity contribution >= 4 is 16.0 Å². The second-order valence-electron chi connectivity index (χ2n) is 7.23. The minimum absolute atomic E-state index is 0.0188. The normalized spacial score (nSPS) is 11.3. The van der Waals surface area contributed by atoms with Gasteiger partial charge in [-0.3, -0.25) is 14.2 Å². The fraction of sp³-hybridized carbons (Fsp3) is 0.950. The number of hydrogen-bond acceptors (Lipinski definition) is 7. The van der Waals surface area contributed by atoms with Gasteiger partial charge in [-0.05, 0) is 6.42 Å². The lowest BCUT2D eigenvalue weighted by Gasteiger charge is -2.17. The van der Waals surface area contributed by atoms with Crippen molar-refractivity contribution < 1.29 is 33.1 Å². The van der Waals surface area contributed by atoms with Crippen molar-refractivity contribution in [2.75, 3.05) is 51.8 Å². The van der Waals surface area contributed by atoms with Gasteiger partial charge in [0.2, 0.25) is 5.91 Å². The fourth-order valence-electron chi connectivity index (χ4n) is 2.76. The lowest BCUT2D eigenvalue weighted by Crippen LogP contribution is -2.32. The van der Waals surface area contributed by atoms with Crippen LogP contribution >= 0.6 is 0 Å². The summed E-state index contributed by atoms with van der Waals surface area (Å²) in [6.45, 7) is 3.94. The van der Waals surface area contributed by atoms with E-state index in [-0.39, 0.29) is 32.3 Å². The standard InChI is InChI=1S/C14H29NO4S.C6H15NO3/c1-2-3-4-5-6-7-8-9-10-11-14(16)15-12-13-20(17,18)19;8-4-1-7(2-5-9)3-6-10/h2-13H2,1H3,(H,15,16)(H,17,18,19);8-10H,1-6H2. The van der Waals surface area contributed by atoms with Crippen LogP contribution < -0.4 is 5.32 Å². The Balaban J connectivity index is 0. The highest BCUT2D eigenvalue weighted by molar-refractivity contribution is 7.85. The molecular weight excluding hydrogens is 412 g/mol. The first-order chi connectivity index (χ1) is 14.3. The van der Waals surface area contributed by atoms with Crippen molar-refractivity contribution in [2.24, 2.45) is 0 Å². The third-order valence-electron chi connectivity index (χ3n) is 4.44. The number of nitrogens with zero attached hydrogens (tertiary/aromatic N) is 1. The number of rotatable bonds is 19. The van der Waals surface area contributed by atoms with Gasteiger partial charge in [-0.25, -0.2) is 0 Å². The molecule has 0 atom stereocenters. The maximum absolute atomic E-state index is 11.3. The molecule has 0 saturated carbocycles. The number of carbonyl (C=O) groups excluding carboxylic acids is 1. The minimum Gasteiger partial charge on any atom is -0.395 e. The number of aliphatic hydroxyl groups is 3. The molecule has 0 radical (unpaired) electrons. The van der Waals surface area contributed by atoms with E-state index in [2.05, 4.69) is 12.2 Å². The highest BCUT2D eigenvalue weighted by Gasteiger charge is 2.06. The van der Waals surface area contributed by atoms with E-state index in [1.807, 2.05) is 0 Å². The topological polar surface area (TPSA) is 147 Å². The zero-order chi connectivity index (χ0) is 23.1. The Labute approximate surface area is 182 Å². The van der Waals surface area contributed by atoms with Crippen LogP contribution in [0.3, 0.4) is 0 Å². The van der Waals surface area contributed by atoms with Crippen LogP contribution in [-0.2, 0) is 14.9 Å². The number of amides is 1. The molecule has 0 heterocycles. The van der Waals surface area contributed by atoms with Gasteiger partial charge < -0.3 is 20.6 Å². The van der Waals surface area contributed by atoms with Gasteiger partial charge in [-0.15, -0.1) is 0 Å². The second-order valence-corrected chi connectivity index (χ2v) is 8.80. The molecule has 0 aromatic rings. The Bertz CT molecular complexity index is 462. The van der Waals surface area contributed by atoms with E-state index in [1.165, 1.54) is 38.5 Å². The van der Waals surface area contributed by atoms with E-state index in [4.69, 9.17) is 19.9 Å². The van der Waals surface area contributed by atoms with Crippen LogP contribution in [0.25, 0.3) is 0 Å². The smallest absolute Gasteiger partial charge is 0.266 e.